The summed E-state index contributed by atoms with van der Waals surface area (Å²) in [5, 5.41) is 14.0. The van der Waals surface area contributed by atoms with Crippen molar-refractivity contribution in [3.8, 4) is 45.2 Å². The van der Waals surface area contributed by atoms with Crippen LogP contribution in [0.4, 0.5) is 0 Å². The minimum absolute atomic E-state index is 0.124. The third-order valence-electron chi connectivity index (χ3n) is 8.35. The van der Waals surface area contributed by atoms with Crippen LogP contribution >= 0.6 is 0 Å². The maximum absolute atomic E-state index is 10.9. The summed E-state index contributed by atoms with van der Waals surface area (Å²) >= 11 is 0. The number of hydrogen-bond acceptors (Lipinski definition) is 5. The molecule has 0 saturated carbocycles. The Labute approximate surface area is 257 Å². The number of furan rings is 1. The fraction of sp³-hybridized carbons (Fsp3) is 0. The predicted molar refractivity (Wildman–Crippen MR) is 179 cm³/mol. The number of fused-ring (bicyclic) bond motifs is 6. The van der Waals surface area contributed by atoms with E-state index in [1.807, 2.05) is 66.9 Å². The largest absolute Gasteiger partial charge is 0.507 e. The van der Waals surface area contributed by atoms with Crippen molar-refractivity contribution in [2.45, 2.75) is 0 Å². The number of aromatic nitrogens is 4. The highest BCUT2D eigenvalue weighted by Gasteiger charge is 2.21. The van der Waals surface area contributed by atoms with Crippen molar-refractivity contribution in [3.05, 3.63) is 140 Å². The molecule has 4 aromatic heterocycles. The van der Waals surface area contributed by atoms with Crippen LogP contribution in [0.5, 0.6) is 5.75 Å². The zero-order valence-electron chi connectivity index (χ0n) is 23.9. The molecule has 4 heterocycles. The van der Waals surface area contributed by atoms with Crippen LogP contribution in [0.15, 0.2) is 144 Å². The second-order valence-electron chi connectivity index (χ2n) is 11.1. The summed E-state index contributed by atoms with van der Waals surface area (Å²) in [6, 6.07) is 44.2. The summed E-state index contributed by atoms with van der Waals surface area (Å²) < 4.78 is 8.51. The molecular formula is C39H24N4O2. The van der Waals surface area contributed by atoms with Crippen molar-refractivity contribution in [3.63, 3.8) is 0 Å². The summed E-state index contributed by atoms with van der Waals surface area (Å²) in [4.78, 5) is 15.0. The van der Waals surface area contributed by atoms with Gasteiger partial charge in [0.2, 0.25) is 0 Å². The maximum atomic E-state index is 10.9. The van der Waals surface area contributed by atoms with Crippen LogP contribution in [0.3, 0.4) is 0 Å². The number of hydrogen-bond donors (Lipinski definition) is 1. The molecule has 0 atom stereocenters. The topological polar surface area (TPSA) is 77.0 Å². The molecule has 0 radical (unpaired) electrons. The smallest absolute Gasteiger partial charge is 0.180 e. The first-order valence-corrected chi connectivity index (χ1v) is 14.8. The third-order valence-corrected chi connectivity index (χ3v) is 8.35. The lowest BCUT2D eigenvalue weighted by atomic mass is 10.0. The summed E-state index contributed by atoms with van der Waals surface area (Å²) in [7, 11) is 0. The number of para-hydroxylation sites is 3. The van der Waals surface area contributed by atoms with Crippen molar-refractivity contribution < 1.29 is 9.52 Å². The van der Waals surface area contributed by atoms with Crippen molar-refractivity contribution in [1.29, 1.82) is 0 Å². The van der Waals surface area contributed by atoms with Gasteiger partial charge in [0.25, 0.3) is 0 Å². The number of phenolic OH excluding ortho intramolecular Hbond substituents is 1. The van der Waals surface area contributed by atoms with Gasteiger partial charge in [-0.25, -0.2) is 15.0 Å². The average Bonchev–Trinajstić information content (AvgIpc) is 3.64. The Morgan fingerprint density at radius 2 is 1.33 bits per heavy atom. The lowest BCUT2D eigenvalue weighted by Gasteiger charge is -2.14. The van der Waals surface area contributed by atoms with E-state index in [1.54, 1.807) is 12.1 Å². The number of benzene rings is 5. The Morgan fingerprint density at radius 1 is 0.600 bits per heavy atom. The molecule has 9 rings (SSSR count). The van der Waals surface area contributed by atoms with Gasteiger partial charge in [-0.05, 0) is 71.8 Å². The first-order valence-electron chi connectivity index (χ1n) is 14.8. The Hall–Kier alpha value is -6.27. The molecule has 0 aliphatic rings. The molecule has 9 aromatic rings. The van der Waals surface area contributed by atoms with Gasteiger partial charge in [0.15, 0.2) is 11.4 Å². The molecule has 0 bridgehead atoms. The Kier molecular flexibility index (Phi) is 5.55. The maximum Gasteiger partial charge on any atom is 0.180 e. The molecule has 5 aromatic carbocycles. The van der Waals surface area contributed by atoms with E-state index in [1.165, 1.54) is 0 Å². The van der Waals surface area contributed by atoms with E-state index < -0.39 is 0 Å². The van der Waals surface area contributed by atoms with E-state index in [2.05, 4.69) is 65.2 Å². The Balaban J connectivity index is 1.38. The summed E-state index contributed by atoms with van der Waals surface area (Å²) in [6.45, 7) is 0. The van der Waals surface area contributed by atoms with Gasteiger partial charge in [-0.2, -0.15) is 0 Å². The zero-order valence-corrected chi connectivity index (χ0v) is 23.9. The SMILES string of the molecule is Oc1ccccc1-c1nc(-c2cc(-c3ccccc3)cc(-n3c4ccccc4c4cccnc43)c2)nc2c1oc1ccccc12. The normalized spacial score (nSPS) is 11.6. The van der Waals surface area contributed by atoms with Gasteiger partial charge < -0.3 is 9.52 Å². The van der Waals surface area contributed by atoms with Crippen LogP contribution in [-0.4, -0.2) is 24.6 Å². The van der Waals surface area contributed by atoms with Gasteiger partial charge >= 0.3 is 0 Å². The van der Waals surface area contributed by atoms with Crippen LogP contribution in [0.25, 0.3) is 83.5 Å². The van der Waals surface area contributed by atoms with Gasteiger partial charge in [-0.15, -0.1) is 0 Å². The monoisotopic (exact) mass is 580 g/mol. The fourth-order valence-corrected chi connectivity index (χ4v) is 6.30. The molecule has 0 aliphatic heterocycles. The van der Waals surface area contributed by atoms with Crippen molar-refractivity contribution >= 4 is 44.0 Å². The quantitative estimate of drug-likeness (QED) is 0.224. The molecule has 0 amide bonds. The Morgan fingerprint density at radius 3 is 2.22 bits per heavy atom. The lowest BCUT2D eigenvalue weighted by Crippen LogP contribution is -1.99. The van der Waals surface area contributed by atoms with Gasteiger partial charge in [0.1, 0.15) is 28.2 Å². The van der Waals surface area contributed by atoms with Crippen LogP contribution in [0.1, 0.15) is 0 Å². The third kappa shape index (κ3) is 4.00. The van der Waals surface area contributed by atoms with Gasteiger partial charge in [0.05, 0.1) is 5.52 Å². The van der Waals surface area contributed by atoms with Crippen molar-refractivity contribution in [2.75, 3.05) is 0 Å². The molecule has 212 valence electrons. The number of rotatable bonds is 4. The van der Waals surface area contributed by atoms with Crippen LogP contribution in [0, 0.1) is 0 Å². The van der Waals surface area contributed by atoms with E-state index in [-0.39, 0.29) is 5.75 Å². The van der Waals surface area contributed by atoms with Crippen LogP contribution < -0.4 is 0 Å². The van der Waals surface area contributed by atoms with Gasteiger partial charge in [0, 0.05) is 39.2 Å². The molecular weight excluding hydrogens is 556 g/mol. The molecule has 0 aliphatic carbocycles. The molecule has 0 saturated heterocycles. The average molecular weight is 581 g/mol. The van der Waals surface area contributed by atoms with E-state index in [0.29, 0.717) is 33.8 Å². The van der Waals surface area contributed by atoms with Gasteiger partial charge in [-0.1, -0.05) is 72.8 Å². The highest BCUT2D eigenvalue weighted by Crippen LogP contribution is 2.40. The minimum atomic E-state index is 0.124. The number of aromatic hydroxyl groups is 1. The van der Waals surface area contributed by atoms with E-state index in [9.17, 15) is 5.11 Å². The highest BCUT2D eigenvalue weighted by atomic mass is 16.3. The second kappa shape index (κ2) is 9.89. The minimum Gasteiger partial charge on any atom is -0.507 e. The molecule has 45 heavy (non-hydrogen) atoms. The number of phenols is 1. The van der Waals surface area contributed by atoms with E-state index >= 15 is 0 Å². The number of pyridine rings is 1. The van der Waals surface area contributed by atoms with Crippen molar-refractivity contribution in [2.24, 2.45) is 0 Å². The molecule has 0 unspecified atom stereocenters. The fourth-order valence-electron chi connectivity index (χ4n) is 6.30. The molecule has 1 N–H and O–H groups in total. The second-order valence-corrected chi connectivity index (χ2v) is 11.1. The van der Waals surface area contributed by atoms with Gasteiger partial charge in [-0.3, -0.25) is 4.57 Å². The molecule has 0 fully saturated rings. The zero-order chi connectivity index (χ0) is 29.9. The predicted octanol–water partition coefficient (Wildman–Crippen LogP) is 9.57. The Bertz CT molecular complexity index is 2510. The van der Waals surface area contributed by atoms with Crippen LogP contribution in [0.2, 0.25) is 0 Å². The highest BCUT2D eigenvalue weighted by molar-refractivity contribution is 6.09. The summed E-state index contributed by atoms with van der Waals surface area (Å²) in [6.07, 6.45) is 1.83. The van der Waals surface area contributed by atoms with E-state index in [4.69, 9.17) is 19.4 Å². The standard InChI is InChI=1S/C39H24N4O2/c44-33-18-8-5-14-30(33)35-37-36(31-15-6-9-19-34(31)45-37)42-38(41-35)26-21-25(24-11-2-1-3-12-24)22-27(23-26)43-32-17-7-4-13-28(32)29-16-10-20-40-39(29)43/h1-23,44H. The molecule has 0 spiro atoms. The summed E-state index contributed by atoms with van der Waals surface area (Å²) in [5.41, 5.74) is 8.87. The number of nitrogens with zero attached hydrogens (tertiary/aromatic N) is 4. The molecule has 6 nitrogen and oxygen atoms in total. The first-order chi connectivity index (χ1) is 22.2. The molecule has 6 heteroatoms. The lowest BCUT2D eigenvalue weighted by molar-refractivity contribution is 0.477. The first kappa shape index (κ1) is 25.2. The summed E-state index contributed by atoms with van der Waals surface area (Å²) in [5.74, 6) is 0.652. The van der Waals surface area contributed by atoms with E-state index in [0.717, 1.165) is 49.7 Å². The van der Waals surface area contributed by atoms with Crippen LogP contribution in [-0.2, 0) is 0 Å². The van der Waals surface area contributed by atoms with Crippen molar-refractivity contribution in [1.82, 2.24) is 19.5 Å².